The first-order chi connectivity index (χ1) is 11.2. The van der Waals surface area contributed by atoms with Gasteiger partial charge in [0.1, 0.15) is 0 Å². The topological polar surface area (TPSA) is 32.8 Å². The monoisotopic (exact) mass is 348 g/mol. The third-order valence-electron chi connectivity index (χ3n) is 4.11. The molecular formula is C16H20F4N2O2. The molecule has 1 aliphatic heterocycles. The fraction of sp³-hybridized carbons (Fsp3) is 0.562. The van der Waals surface area contributed by atoms with Gasteiger partial charge in [-0.3, -0.25) is 9.69 Å². The van der Waals surface area contributed by atoms with Crippen molar-refractivity contribution in [1.82, 2.24) is 9.80 Å². The van der Waals surface area contributed by atoms with Crippen LogP contribution in [0, 0.1) is 23.3 Å². The minimum absolute atomic E-state index is 0.0894. The summed E-state index contributed by atoms with van der Waals surface area (Å²) in [4.78, 5) is 15.9. The van der Waals surface area contributed by atoms with E-state index >= 15 is 0 Å². The van der Waals surface area contributed by atoms with Crippen LogP contribution < -0.4 is 4.74 Å². The molecule has 0 bridgehead atoms. The molecule has 1 saturated heterocycles. The summed E-state index contributed by atoms with van der Waals surface area (Å²) < 4.78 is 57.9. The van der Waals surface area contributed by atoms with E-state index in [1.807, 2.05) is 6.92 Å². The Balaban J connectivity index is 2.00. The second-order valence-electron chi connectivity index (χ2n) is 6.11. The summed E-state index contributed by atoms with van der Waals surface area (Å²) in [5.74, 6) is -8.16. The van der Waals surface area contributed by atoms with Gasteiger partial charge in [0.25, 0.3) is 5.91 Å². The molecular weight excluding hydrogens is 328 g/mol. The maximum absolute atomic E-state index is 13.5. The van der Waals surface area contributed by atoms with Crippen molar-refractivity contribution in [2.75, 3.05) is 26.2 Å². The fourth-order valence-corrected chi connectivity index (χ4v) is 2.87. The third kappa shape index (κ3) is 3.80. The van der Waals surface area contributed by atoms with Crippen molar-refractivity contribution in [2.24, 2.45) is 0 Å². The van der Waals surface area contributed by atoms with Crippen LogP contribution in [0.25, 0.3) is 0 Å². The minimum Gasteiger partial charge on any atom is -0.477 e. The number of carbonyl (C=O) groups excluding carboxylic acids is 1. The molecule has 1 atom stereocenters. The van der Waals surface area contributed by atoms with Gasteiger partial charge in [-0.05, 0) is 20.8 Å². The van der Waals surface area contributed by atoms with Gasteiger partial charge in [0.2, 0.25) is 11.6 Å². The highest BCUT2D eigenvalue weighted by Crippen LogP contribution is 2.26. The molecule has 134 valence electrons. The number of halogens is 4. The number of benzene rings is 1. The number of rotatable bonds is 4. The molecule has 1 heterocycles. The van der Waals surface area contributed by atoms with Gasteiger partial charge in [-0.15, -0.1) is 0 Å². The number of carbonyl (C=O) groups is 1. The number of hydrogen-bond donors (Lipinski definition) is 0. The van der Waals surface area contributed by atoms with Crippen LogP contribution in [0.2, 0.25) is 0 Å². The fourth-order valence-electron chi connectivity index (χ4n) is 2.87. The number of ether oxygens (including phenoxy) is 1. The van der Waals surface area contributed by atoms with Crippen molar-refractivity contribution >= 4 is 5.91 Å². The molecule has 1 amide bonds. The summed E-state index contributed by atoms with van der Waals surface area (Å²) in [5, 5.41) is 0. The number of nitrogens with zero attached hydrogens (tertiary/aromatic N) is 2. The molecule has 4 nitrogen and oxygen atoms in total. The molecule has 0 radical (unpaired) electrons. The molecule has 1 fully saturated rings. The molecule has 0 aromatic heterocycles. The predicted molar refractivity (Wildman–Crippen MR) is 79.7 cm³/mol. The molecule has 0 aliphatic carbocycles. The summed E-state index contributed by atoms with van der Waals surface area (Å²) in [6.07, 6.45) is 0. The van der Waals surface area contributed by atoms with Crippen molar-refractivity contribution < 1.29 is 27.1 Å². The van der Waals surface area contributed by atoms with E-state index in [1.165, 1.54) is 4.90 Å². The summed E-state index contributed by atoms with van der Waals surface area (Å²) in [6.45, 7) is 6.97. The van der Waals surface area contributed by atoms with E-state index in [-0.39, 0.29) is 12.1 Å². The van der Waals surface area contributed by atoms with E-state index in [2.05, 4.69) is 18.7 Å². The molecule has 24 heavy (non-hydrogen) atoms. The van der Waals surface area contributed by atoms with Gasteiger partial charge in [0, 0.05) is 37.8 Å². The average Bonchev–Trinajstić information content (AvgIpc) is 2.52. The molecule has 1 aromatic rings. The Morgan fingerprint density at radius 3 is 2.29 bits per heavy atom. The van der Waals surface area contributed by atoms with Crippen LogP contribution in [-0.4, -0.2) is 54.0 Å². The van der Waals surface area contributed by atoms with Gasteiger partial charge in [0.15, 0.2) is 24.0 Å². The van der Waals surface area contributed by atoms with E-state index in [9.17, 15) is 22.4 Å². The molecule has 1 aromatic carbocycles. The summed E-state index contributed by atoms with van der Waals surface area (Å²) in [6, 6.07) is 0.557. The van der Waals surface area contributed by atoms with E-state index in [0.717, 1.165) is 0 Å². The Morgan fingerprint density at radius 1 is 1.21 bits per heavy atom. The lowest BCUT2D eigenvalue weighted by Crippen LogP contribution is -2.56. The lowest BCUT2D eigenvalue weighted by molar-refractivity contribution is -0.136. The zero-order valence-corrected chi connectivity index (χ0v) is 13.8. The normalized spacial score (nSPS) is 19.0. The van der Waals surface area contributed by atoms with Crippen LogP contribution in [0.3, 0.4) is 0 Å². The zero-order valence-electron chi connectivity index (χ0n) is 13.8. The summed E-state index contributed by atoms with van der Waals surface area (Å²) in [7, 11) is 0. The second-order valence-corrected chi connectivity index (χ2v) is 6.11. The SMILES string of the molecule is CC(C)N1CCN(C(=O)COc2c(F)c(F)cc(F)c2F)CC1C. The number of hydrogen-bond acceptors (Lipinski definition) is 3. The Hall–Kier alpha value is -1.83. The highest BCUT2D eigenvalue weighted by molar-refractivity contribution is 5.78. The molecule has 0 N–H and O–H groups in total. The Labute approximate surface area is 138 Å². The molecule has 1 unspecified atom stereocenters. The first-order valence-electron chi connectivity index (χ1n) is 7.71. The van der Waals surface area contributed by atoms with Crippen LogP contribution in [0.15, 0.2) is 6.07 Å². The lowest BCUT2D eigenvalue weighted by Gasteiger charge is -2.42. The number of piperazine rings is 1. The second kappa shape index (κ2) is 7.38. The third-order valence-corrected chi connectivity index (χ3v) is 4.11. The van der Waals surface area contributed by atoms with Gasteiger partial charge in [-0.1, -0.05) is 0 Å². The highest BCUT2D eigenvalue weighted by Gasteiger charge is 2.29. The first kappa shape index (κ1) is 18.5. The Kier molecular flexibility index (Phi) is 5.69. The van der Waals surface area contributed by atoms with Crippen molar-refractivity contribution in [3.63, 3.8) is 0 Å². The van der Waals surface area contributed by atoms with E-state index in [1.54, 1.807) is 0 Å². The van der Waals surface area contributed by atoms with Crippen LogP contribution in [0.5, 0.6) is 5.75 Å². The van der Waals surface area contributed by atoms with Crippen molar-refractivity contribution in [1.29, 1.82) is 0 Å². The van der Waals surface area contributed by atoms with Crippen LogP contribution in [0.1, 0.15) is 20.8 Å². The smallest absolute Gasteiger partial charge is 0.260 e. The quantitative estimate of drug-likeness (QED) is 0.619. The van der Waals surface area contributed by atoms with E-state index in [0.29, 0.717) is 25.7 Å². The zero-order chi connectivity index (χ0) is 18.0. The molecule has 2 rings (SSSR count). The molecule has 0 saturated carbocycles. The maximum Gasteiger partial charge on any atom is 0.260 e. The maximum atomic E-state index is 13.5. The lowest BCUT2D eigenvalue weighted by atomic mass is 10.1. The van der Waals surface area contributed by atoms with Crippen LogP contribution in [-0.2, 0) is 4.79 Å². The molecule has 1 aliphatic rings. The Morgan fingerprint density at radius 2 is 1.79 bits per heavy atom. The van der Waals surface area contributed by atoms with Gasteiger partial charge in [-0.2, -0.15) is 8.78 Å². The summed E-state index contributed by atoms with van der Waals surface area (Å²) in [5.41, 5.74) is 0. The van der Waals surface area contributed by atoms with Crippen LogP contribution >= 0.6 is 0 Å². The van der Waals surface area contributed by atoms with Crippen molar-refractivity contribution in [2.45, 2.75) is 32.9 Å². The standard InChI is InChI=1S/C16H20F4N2O2/c1-9(2)22-5-4-21(7-10(22)3)13(23)8-24-16-14(19)11(17)6-12(18)15(16)20/h6,9-10H,4-5,7-8H2,1-3H3. The van der Waals surface area contributed by atoms with Gasteiger partial charge < -0.3 is 9.64 Å². The first-order valence-corrected chi connectivity index (χ1v) is 7.71. The van der Waals surface area contributed by atoms with Crippen LogP contribution in [0.4, 0.5) is 17.6 Å². The van der Waals surface area contributed by atoms with Crippen molar-refractivity contribution in [3.8, 4) is 5.75 Å². The largest absolute Gasteiger partial charge is 0.477 e. The van der Waals surface area contributed by atoms with Crippen molar-refractivity contribution in [3.05, 3.63) is 29.3 Å². The Bertz CT molecular complexity index is 598. The van der Waals surface area contributed by atoms with Gasteiger partial charge >= 0.3 is 0 Å². The molecule has 0 spiro atoms. The van der Waals surface area contributed by atoms with E-state index < -0.39 is 41.5 Å². The molecule has 8 heteroatoms. The number of amides is 1. The minimum atomic E-state index is -1.65. The summed E-state index contributed by atoms with van der Waals surface area (Å²) >= 11 is 0. The average molecular weight is 348 g/mol. The van der Waals surface area contributed by atoms with Gasteiger partial charge in [-0.25, -0.2) is 8.78 Å². The van der Waals surface area contributed by atoms with Gasteiger partial charge in [0.05, 0.1) is 0 Å². The highest BCUT2D eigenvalue weighted by atomic mass is 19.2. The predicted octanol–water partition coefficient (Wildman–Crippen LogP) is 2.56. The van der Waals surface area contributed by atoms with E-state index in [4.69, 9.17) is 4.74 Å².